The highest BCUT2D eigenvalue weighted by molar-refractivity contribution is 5.94. The van der Waals surface area contributed by atoms with Gasteiger partial charge in [0.25, 0.3) is 5.91 Å². The van der Waals surface area contributed by atoms with Gasteiger partial charge in [-0.15, -0.1) is 0 Å². The van der Waals surface area contributed by atoms with Gasteiger partial charge in [0.2, 0.25) is 5.91 Å². The van der Waals surface area contributed by atoms with Gasteiger partial charge in [-0.25, -0.2) is 0 Å². The van der Waals surface area contributed by atoms with Crippen LogP contribution in [-0.2, 0) is 4.79 Å². The van der Waals surface area contributed by atoms with Gasteiger partial charge in [0.05, 0.1) is 6.04 Å². The first-order chi connectivity index (χ1) is 14.6. The highest BCUT2D eigenvalue weighted by Crippen LogP contribution is 2.32. The molecule has 0 bridgehead atoms. The van der Waals surface area contributed by atoms with Gasteiger partial charge in [-0.05, 0) is 61.2 Å². The van der Waals surface area contributed by atoms with Crippen LogP contribution in [0.25, 0.3) is 0 Å². The third-order valence-electron chi connectivity index (χ3n) is 5.92. The summed E-state index contributed by atoms with van der Waals surface area (Å²) in [6.07, 6.45) is 8.21. The fraction of sp³-hybridized carbons (Fsp3) is 0.458. The van der Waals surface area contributed by atoms with Gasteiger partial charge in [-0.1, -0.05) is 6.92 Å². The summed E-state index contributed by atoms with van der Waals surface area (Å²) in [5.74, 6) is 1.27. The molecule has 158 valence electrons. The second-order valence-corrected chi connectivity index (χ2v) is 8.16. The molecule has 1 saturated heterocycles. The monoisotopic (exact) mass is 407 g/mol. The molecule has 1 saturated carbocycles. The summed E-state index contributed by atoms with van der Waals surface area (Å²) in [4.78, 5) is 30.8. The summed E-state index contributed by atoms with van der Waals surface area (Å²) in [6, 6.07) is 11.1. The SMILES string of the molecule is CCC(NC(=O)c1ccc(OC2CCN(C(=O)C3CC3)CC2)cc1)c1ccncc1. The summed E-state index contributed by atoms with van der Waals surface area (Å²) in [5, 5.41) is 3.08. The van der Waals surface area contributed by atoms with Crippen molar-refractivity contribution in [2.75, 3.05) is 13.1 Å². The third kappa shape index (κ3) is 4.99. The first-order valence-corrected chi connectivity index (χ1v) is 10.9. The fourth-order valence-electron chi connectivity index (χ4n) is 3.92. The number of rotatable bonds is 7. The summed E-state index contributed by atoms with van der Waals surface area (Å²) in [6.45, 7) is 3.59. The fourth-order valence-corrected chi connectivity index (χ4v) is 3.92. The molecule has 2 aromatic rings. The van der Waals surface area contributed by atoms with E-state index in [0.29, 0.717) is 11.5 Å². The average Bonchev–Trinajstić information content (AvgIpc) is 3.64. The molecule has 6 nitrogen and oxygen atoms in total. The number of hydrogen-bond acceptors (Lipinski definition) is 4. The molecular weight excluding hydrogens is 378 g/mol. The number of ether oxygens (including phenoxy) is 1. The van der Waals surface area contributed by atoms with E-state index in [1.165, 1.54) is 0 Å². The van der Waals surface area contributed by atoms with Gasteiger partial charge < -0.3 is 15.0 Å². The largest absolute Gasteiger partial charge is 0.490 e. The van der Waals surface area contributed by atoms with Crippen LogP contribution in [0.3, 0.4) is 0 Å². The van der Waals surface area contributed by atoms with Gasteiger partial charge in [0.15, 0.2) is 0 Å². The Labute approximate surface area is 177 Å². The molecule has 1 atom stereocenters. The van der Waals surface area contributed by atoms with E-state index in [-0.39, 0.29) is 24.0 Å². The van der Waals surface area contributed by atoms with Crippen LogP contribution >= 0.6 is 0 Å². The highest BCUT2D eigenvalue weighted by atomic mass is 16.5. The first kappa shape index (κ1) is 20.4. The Morgan fingerprint density at radius 2 is 1.73 bits per heavy atom. The first-order valence-electron chi connectivity index (χ1n) is 10.9. The van der Waals surface area contributed by atoms with Crippen molar-refractivity contribution < 1.29 is 14.3 Å². The number of nitrogens with zero attached hydrogens (tertiary/aromatic N) is 2. The standard InChI is InChI=1S/C24H29N3O3/c1-2-22(17-9-13-25-14-10-17)26-23(28)18-5-7-20(8-6-18)30-21-11-15-27(16-12-21)24(29)19-3-4-19/h5-10,13-14,19,21-22H,2-4,11-12,15-16H2,1H3,(H,26,28). The molecule has 0 radical (unpaired) electrons. The smallest absolute Gasteiger partial charge is 0.251 e. The quantitative estimate of drug-likeness (QED) is 0.759. The molecule has 6 heteroatoms. The van der Waals surface area contributed by atoms with E-state index in [9.17, 15) is 9.59 Å². The lowest BCUT2D eigenvalue weighted by Crippen LogP contribution is -2.42. The Bertz CT molecular complexity index is 857. The number of piperidine rings is 1. The summed E-state index contributed by atoms with van der Waals surface area (Å²) in [7, 11) is 0. The number of amides is 2. The lowest BCUT2D eigenvalue weighted by atomic mass is 10.1. The van der Waals surface area contributed by atoms with Gasteiger partial charge in [0, 0.05) is 49.8 Å². The molecule has 2 aliphatic rings. The van der Waals surface area contributed by atoms with Gasteiger partial charge in [0.1, 0.15) is 11.9 Å². The molecule has 2 fully saturated rings. The van der Waals surface area contributed by atoms with Crippen LogP contribution in [0.5, 0.6) is 5.75 Å². The molecule has 1 N–H and O–H groups in total. The molecule has 1 unspecified atom stereocenters. The second-order valence-electron chi connectivity index (χ2n) is 8.16. The number of benzene rings is 1. The number of likely N-dealkylation sites (tertiary alicyclic amines) is 1. The van der Waals surface area contributed by atoms with Gasteiger partial charge >= 0.3 is 0 Å². The van der Waals surface area contributed by atoms with Crippen molar-refractivity contribution in [3.05, 3.63) is 59.9 Å². The van der Waals surface area contributed by atoms with E-state index in [1.807, 2.05) is 36.1 Å². The van der Waals surface area contributed by atoms with Gasteiger partial charge in [-0.2, -0.15) is 0 Å². The predicted molar refractivity (Wildman–Crippen MR) is 114 cm³/mol. The zero-order chi connectivity index (χ0) is 20.9. The van der Waals surface area contributed by atoms with Crippen molar-refractivity contribution in [3.8, 4) is 5.75 Å². The molecule has 0 spiro atoms. The topological polar surface area (TPSA) is 71.5 Å². The van der Waals surface area contributed by atoms with Gasteiger partial charge in [-0.3, -0.25) is 14.6 Å². The van der Waals surface area contributed by atoms with Crippen LogP contribution in [0.15, 0.2) is 48.8 Å². The van der Waals surface area contributed by atoms with E-state index < -0.39 is 0 Å². The van der Waals surface area contributed by atoms with Crippen molar-refractivity contribution in [2.45, 2.75) is 51.2 Å². The molecule has 1 aliphatic heterocycles. The zero-order valence-corrected chi connectivity index (χ0v) is 17.4. The van der Waals surface area contributed by atoms with Crippen molar-refractivity contribution in [1.82, 2.24) is 15.2 Å². The Kier molecular flexibility index (Phi) is 6.31. The maximum absolute atomic E-state index is 12.6. The van der Waals surface area contributed by atoms with Crippen LogP contribution in [0, 0.1) is 5.92 Å². The highest BCUT2D eigenvalue weighted by Gasteiger charge is 2.35. The number of pyridine rings is 1. The Morgan fingerprint density at radius 1 is 1.07 bits per heavy atom. The van der Waals surface area contributed by atoms with Crippen LogP contribution in [0.2, 0.25) is 0 Å². The molecule has 1 aromatic carbocycles. The number of aromatic nitrogens is 1. The lowest BCUT2D eigenvalue weighted by Gasteiger charge is -2.32. The van der Waals surface area contributed by atoms with E-state index in [4.69, 9.17) is 4.74 Å². The Balaban J connectivity index is 1.28. The zero-order valence-electron chi connectivity index (χ0n) is 17.4. The number of carbonyl (C=O) groups excluding carboxylic acids is 2. The minimum absolute atomic E-state index is 0.0417. The van der Waals surface area contributed by atoms with Crippen LogP contribution in [-0.4, -0.2) is 40.9 Å². The normalized spacial score (nSPS) is 18.0. The Morgan fingerprint density at radius 3 is 2.33 bits per heavy atom. The van der Waals surface area contributed by atoms with E-state index >= 15 is 0 Å². The van der Waals surface area contributed by atoms with Crippen molar-refractivity contribution in [1.29, 1.82) is 0 Å². The maximum atomic E-state index is 12.6. The number of carbonyl (C=O) groups is 2. The average molecular weight is 408 g/mol. The molecule has 2 amide bonds. The minimum Gasteiger partial charge on any atom is -0.490 e. The van der Waals surface area contributed by atoms with E-state index in [1.54, 1.807) is 24.5 Å². The molecule has 2 heterocycles. The molecule has 30 heavy (non-hydrogen) atoms. The van der Waals surface area contributed by atoms with Crippen molar-refractivity contribution in [2.24, 2.45) is 5.92 Å². The van der Waals surface area contributed by atoms with Crippen molar-refractivity contribution >= 4 is 11.8 Å². The van der Waals surface area contributed by atoms with Crippen LogP contribution in [0.4, 0.5) is 0 Å². The lowest BCUT2D eigenvalue weighted by molar-refractivity contribution is -0.134. The number of nitrogens with one attached hydrogen (secondary N) is 1. The molecule has 1 aliphatic carbocycles. The second kappa shape index (κ2) is 9.28. The summed E-state index contributed by atoms with van der Waals surface area (Å²) in [5.41, 5.74) is 1.66. The number of hydrogen-bond donors (Lipinski definition) is 1. The molecule has 4 rings (SSSR count). The predicted octanol–water partition coefficient (Wildman–Crippen LogP) is 3.74. The summed E-state index contributed by atoms with van der Waals surface area (Å²) >= 11 is 0. The van der Waals surface area contributed by atoms with E-state index in [2.05, 4.69) is 10.3 Å². The summed E-state index contributed by atoms with van der Waals surface area (Å²) < 4.78 is 6.09. The Hall–Kier alpha value is -2.89. The third-order valence-corrected chi connectivity index (χ3v) is 5.92. The molecular formula is C24H29N3O3. The molecule has 1 aromatic heterocycles. The van der Waals surface area contributed by atoms with Crippen LogP contribution < -0.4 is 10.1 Å². The van der Waals surface area contributed by atoms with E-state index in [0.717, 1.165) is 56.5 Å². The maximum Gasteiger partial charge on any atom is 0.251 e. The van der Waals surface area contributed by atoms with Crippen LogP contribution in [0.1, 0.15) is 61.0 Å². The minimum atomic E-state index is -0.0999. The van der Waals surface area contributed by atoms with Crippen molar-refractivity contribution in [3.63, 3.8) is 0 Å².